The van der Waals surface area contributed by atoms with Gasteiger partial charge in [-0.3, -0.25) is 0 Å². The van der Waals surface area contributed by atoms with E-state index in [0.717, 1.165) is 0 Å². The average Bonchev–Trinajstić information content (AvgIpc) is 2.18. The first kappa shape index (κ1) is 12.0. The molecule has 6 nitrogen and oxygen atoms in total. The van der Waals surface area contributed by atoms with Crippen LogP contribution in [0.3, 0.4) is 0 Å². The third kappa shape index (κ3) is 3.88. The molecule has 0 spiro atoms. The smallest absolute Gasteiger partial charge is 0.404 e. The molecule has 0 aliphatic carbocycles. The van der Waals surface area contributed by atoms with Crippen LogP contribution >= 0.6 is 27.5 Å². The summed E-state index contributed by atoms with van der Waals surface area (Å²) < 4.78 is 5.08. The fraction of sp³-hybridized carbons (Fsp3) is 0.286. The molecule has 1 rings (SSSR count). The number of nitrogens with two attached hydrogens (primary N) is 1. The number of rotatable bonds is 4. The molecule has 15 heavy (non-hydrogen) atoms. The number of anilines is 1. The normalized spacial score (nSPS) is 9.73. The Hall–Kier alpha value is -1.08. The van der Waals surface area contributed by atoms with Crippen molar-refractivity contribution in [3.63, 3.8) is 0 Å². The minimum Gasteiger partial charge on any atom is -0.448 e. The molecule has 1 aromatic rings. The van der Waals surface area contributed by atoms with E-state index in [9.17, 15) is 4.79 Å². The number of primary amides is 1. The lowest BCUT2D eigenvalue weighted by Crippen LogP contribution is -2.18. The Kier molecular flexibility index (Phi) is 4.57. The van der Waals surface area contributed by atoms with Gasteiger partial charge >= 0.3 is 6.09 Å². The van der Waals surface area contributed by atoms with E-state index in [2.05, 4.69) is 36.0 Å². The summed E-state index contributed by atoms with van der Waals surface area (Å²) in [6.45, 7) is 0.540. The van der Waals surface area contributed by atoms with Gasteiger partial charge in [-0.05, 0) is 15.9 Å². The van der Waals surface area contributed by atoms with Gasteiger partial charge in [-0.25, -0.2) is 14.8 Å². The first-order valence-electron chi connectivity index (χ1n) is 3.93. The van der Waals surface area contributed by atoms with Crippen LogP contribution in [0.2, 0.25) is 5.15 Å². The molecule has 0 unspecified atom stereocenters. The van der Waals surface area contributed by atoms with Crippen molar-refractivity contribution in [3.8, 4) is 0 Å². The quantitative estimate of drug-likeness (QED) is 0.647. The van der Waals surface area contributed by atoms with E-state index in [4.69, 9.17) is 17.3 Å². The summed E-state index contributed by atoms with van der Waals surface area (Å²) in [4.78, 5) is 17.9. The summed E-state index contributed by atoms with van der Waals surface area (Å²) in [6.07, 6.45) is 0.515. The standard InChI is InChI=1S/C7H8BrClN4O2/c8-4-5(9)12-3-13-6(4)11-1-2-15-7(10)14/h3H,1-2H2,(H2,10,14)(H,11,12,13). The molecule has 8 heteroatoms. The van der Waals surface area contributed by atoms with Crippen LogP contribution in [0.1, 0.15) is 0 Å². The molecule has 82 valence electrons. The van der Waals surface area contributed by atoms with Crippen molar-refractivity contribution in [2.75, 3.05) is 18.5 Å². The number of carbonyl (C=O) groups is 1. The third-order valence-corrected chi connectivity index (χ3v) is 2.65. The molecule has 0 atom stereocenters. The molecule has 0 aromatic carbocycles. The Balaban J connectivity index is 2.44. The van der Waals surface area contributed by atoms with E-state index < -0.39 is 6.09 Å². The number of amides is 1. The summed E-state index contributed by atoms with van der Waals surface area (Å²) in [7, 11) is 0. The van der Waals surface area contributed by atoms with Crippen LogP contribution in [0.15, 0.2) is 10.8 Å². The zero-order chi connectivity index (χ0) is 11.3. The van der Waals surface area contributed by atoms with Crippen molar-refractivity contribution < 1.29 is 9.53 Å². The van der Waals surface area contributed by atoms with Crippen molar-refractivity contribution in [2.45, 2.75) is 0 Å². The minimum absolute atomic E-state index is 0.156. The Bertz CT molecular complexity index is 363. The molecule has 0 saturated carbocycles. The summed E-state index contributed by atoms with van der Waals surface area (Å²) >= 11 is 8.94. The highest BCUT2D eigenvalue weighted by molar-refractivity contribution is 9.10. The summed E-state index contributed by atoms with van der Waals surface area (Å²) in [5.41, 5.74) is 4.78. The second-order valence-corrected chi connectivity index (χ2v) is 3.57. The van der Waals surface area contributed by atoms with Crippen molar-refractivity contribution in [1.82, 2.24) is 9.97 Å². The molecular formula is C7H8BrClN4O2. The highest BCUT2D eigenvalue weighted by atomic mass is 79.9. The van der Waals surface area contributed by atoms with Gasteiger partial charge in [0.2, 0.25) is 0 Å². The molecule has 3 N–H and O–H groups in total. The average molecular weight is 296 g/mol. The maximum Gasteiger partial charge on any atom is 0.404 e. The molecule has 0 fully saturated rings. The zero-order valence-corrected chi connectivity index (χ0v) is 9.88. The second-order valence-electron chi connectivity index (χ2n) is 2.42. The van der Waals surface area contributed by atoms with E-state index in [1.807, 2.05) is 0 Å². The number of ether oxygens (including phenoxy) is 1. The van der Waals surface area contributed by atoms with Crippen LogP contribution in [0, 0.1) is 0 Å². The Labute approximate surface area is 99.3 Å². The Morgan fingerprint density at radius 2 is 2.40 bits per heavy atom. The number of halogens is 2. The predicted molar refractivity (Wildman–Crippen MR) is 58.8 cm³/mol. The second kappa shape index (κ2) is 5.72. The topological polar surface area (TPSA) is 90.1 Å². The van der Waals surface area contributed by atoms with E-state index in [-0.39, 0.29) is 6.61 Å². The van der Waals surface area contributed by atoms with Gasteiger partial charge in [0, 0.05) is 0 Å². The molecule has 0 radical (unpaired) electrons. The highest BCUT2D eigenvalue weighted by Crippen LogP contribution is 2.25. The molecule has 1 heterocycles. The third-order valence-electron chi connectivity index (χ3n) is 1.39. The number of nitrogens with one attached hydrogen (secondary N) is 1. The van der Waals surface area contributed by atoms with Gasteiger partial charge in [0.25, 0.3) is 0 Å². The van der Waals surface area contributed by atoms with Crippen LogP contribution in [0.25, 0.3) is 0 Å². The SMILES string of the molecule is NC(=O)OCCNc1ncnc(Cl)c1Br. The van der Waals surface area contributed by atoms with Crippen LogP contribution in [0.5, 0.6) is 0 Å². The molecule has 0 aliphatic heterocycles. The number of carbonyl (C=O) groups excluding carboxylic acids is 1. The van der Waals surface area contributed by atoms with Crippen LogP contribution in [-0.2, 0) is 4.74 Å². The fourth-order valence-electron chi connectivity index (χ4n) is 0.793. The van der Waals surface area contributed by atoms with Crippen molar-refractivity contribution >= 4 is 39.4 Å². The molecular weight excluding hydrogens is 287 g/mol. The van der Waals surface area contributed by atoms with Gasteiger partial charge in [-0.2, -0.15) is 0 Å². The maximum absolute atomic E-state index is 10.2. The van der Waals surface area contributed by atoms with Crippen molar-refractivity contribution in [3.05, 3.63) is 16.0 Å². The zero-order valence-electron chi connectivity index (χ0n) is 7.54. The minimum atomic E-state index is -0.809. The lowest BCUT2D eigenvalue weighted by molar-refractivity contribution is 0.161. The summed E-state index contributed by atoms with van der Waals surface area (Å²) in [5.74, 6) is 0.531. The van der Waals surface area contributed by atoms with Gasteiger partial charge in [-0.1, -0.05) is 11.6 Å². The maximum atomic E-state index is 10.2. The Morgan fingerprint density at radius 1 is 1.67 bits per heavy atom. The lowest BCUT2D eigenvalue weighted by Gasteiger charge is -2.07. The van der Waals surface area contributed by atoms with Crippen molar-refractivity contribution in [1.29, 1.82) is 0 Å². The van der Waals surface area contributed by atoms with Gasteiger partial charge < -0.3 is 15.8 Å². The van der Waals surface area contributed by atoms with E-state index in [1.165, 1.54) is 6.33 Å². The number of aromatic nitrogens is 2. The monoisotopic (exact) mass is 294 g/mol. The molecule has 0 bridgehead atoms. The van der Waals surface area contributed by atoms with Crippen LogP contribution < -0.4 is 11.1 Å². The van der Waals surface area contributed by atoms with Crippen LogP contribution in [0.4, 0.5) is 10.6 Å². The first-order chi connectivity index (χ1) is 7.11. The molecule has 1 aromatic heterocycles. The van der Waals surface area contributed by atoms with Gasteiger partial charge in [0.05, 0.1) is 11.0 Å². The lowest BCUT2D eigenvalue weighted by atomic mass is 10.5. The van der Waals surface area contributed by atoms with Gasteiger partial charge in [0.15, 0.2) is 0 Å². The van der Waals surface area contributed by atoms with Gasteiger partial charge in [0.1, 0.15) is 23.9 Å². The van der Waals surface area contributed by atoms with E-state index in [0.29, 0.717) is 22.0 Å². The fourth-order valence-corrected chi connectivity index (χ4v) is 1.27. The molecule has 0 aliphatic rings. The van der Waals surface area contributed by atoms with E-state index >= 15 is 0 Å². The summed E-state index contributed by atoms with van der Waals surface area (Å²) in [5, 5.41) is 3.20. The van der Waals surface area contributed by atoms with E-state index in [1.54, 1.807) is 0 Å². The first-order valence-corrected chi connectivity index (χ1v) is 5.10. The largest absolute Gasteiger partial charge is 0.448 e. The number of hydrogen-bond acceptors (Lipinski definition) is 5. The van der Waals surface area contributed by atoms with Gasteiger partial charge in [-0.15, -0.1) is 0 Å². The predicted octanol–water partition coefficient (Wildman–Crippen LogP) is 1.40. The van der Waals surface area contributed by atoms with Crippen molar-refractivity contribution in [2.24, 2.45) is 5.73 Å². The number of nitrogens with zero attached hydrogens (tertiary/aromatic N) is 2. The molecule has 0 saturated heterocycles. The highest BCUT2D eigenvalue weighted by Gasteiger charge is 2.05. The van der Waals surface area contributed by atoms with Crippen LogP contribution in [-0.4, -0.2) is 29.2 Å². The molecule has 1 amide bonds. The number of hydrogen-bond donors (Lipinski definition) is 2. The Morgan fingerprint density at radius 3 is 3.07 bits per heavy atom. The summed E-state index contributed by atoms with van der Waals surface area (Å²) in [6, 6.07) is 0.